The molecule has 128 valence electrons. The first-order valence-electron chi connectivity index (χ1n) is 8.81. The van der Waals surface area contributed by atoms with E-state index in [4.69, 9.17) is 4.74 Å². The van der Waals surface area contributed by atoms with Crippen molar-refractivity contribution in [2.24, 2.45) is 0 Å². The van der Waals surface area contributed by atoms with Crippen molar-refractivity contribution in [3.8, 4) is 0 Å². The van der Waals surface area contributed by atoms with Gasteiger partial charge in [-0.05, 0) is 55.2 Å². The van der Waals surface area contributed by atoms with Crippen LogP contribution in [0.5, 0.6) is 0 Å². The van der Waals surface area contributed by atoms with E-state index < -0.39 is 0 Å². The number of hydrogen-bond acceptors (Lipinski definition) is 5. The summed E-state index contributed by atoms with van der Waals surface area (Å²) in [7, 11) is 0. The summed E-state index contributed by atoms with van der Waals surface area (Å²) in [5, 5.41) is 12.3. The highest BCUT2D eigenvalue weighted by molar-refractivity contribution is 5.32. The molecule has 0 N–H and O–H groups in total. The van der Waals surface area contributed by atoms with Crippen LogP contribution in [0.4, 0.5) is 0 Å². The van der Waals surface area contributed by atoms with Gasteiger partial charge in [-0.2, -0.15) is 0 Å². The molecule has 2 atom stereocenters. The molecule has 1 saturated carbocycles. The fourth-order valence-electron chi connectivity index (χ4n) is 3.42. The van der Waals surface area contributed by atoms with E-state index in [1.807, 2.05) is 4.68 Å². The van der Waals surface area contributed by atoms with E-state index in [1.165, 1.54) is 29.5 Å². The second-order valence-corrected chi connectivity index (χ2v) is 7.23. The third-order valence-corrected chi connectivity index (χ3v) is 5.14. The van der Waals surface area contributed by atoms with Gasteiger partial charge in [0.15, 0.2) is 5.82 Å². The molecule has 1 aromatic heterocycles. The summed E-state index contributed by atoms with van der Waals surface area (Å²) >= 11 is 0. The summed E-state index contributed by atoms with van der Waals surface area (Å²) in [6.07, 6.45) is 2.51. The van der Waals surface area contributed by atoms with Crippen molar-refractivity contribution >= 4 is 0 Å². The van der Waals surface area contributed by atoms with Gasteiger partial charge in [-0.1, -0.05) is 23.8 Å². The van der Waals surface area contributed by atoms with Gasteiger partial charge in [-0.25, -0.2) is 4.68 Å². The zero-order valence-electron chi connectivity index (χ0n) is 14.6. The van der Waals surface area contributed by atoms with Gasteiger partial charge in [-0.15, -0.1) is 5.10 Å². The first-order chi connectivity index (χ1) is 11.6. The second kappa shape index (κ2) is 6.26. The summed E-state index contributed by atoms with van der Waals surface area (Å²) in [5.41, 5.74) is 3.87. The van der Waals surface area contributed by atoms with E-state index in [2.05, 4.69) is 59.4 Å². The molecule has 24 heavy (non-hydrogen) atoms. The molecule has 2 aromatic rings. The highest BCUT2D eigenvalue weighted by Crippen LogP contribution is 2.35. The fraction of sp³-hybridized carbons (Fsp3) is 0.611. The Morgan fingerprint density at radius 1 is 1.25 bits per heavy atom. The molecule has 2 heterocycles. The topological polar surface area (TPSA) is 56.1 Å². The van der Waals surface area contributed by atoms with Crippen molar-refractivity contribution in [1.29, 1.82) is 0 Å². The lowest BCUT2D eigenvalue weighted by Crippen LogP contribution is -2.45. The van der Waals surface area contributed by atoms with Crippen LogP contribution < -0.4 is 0 Å². The van der Waals surface area contributed by atoms with Crippen molar-refractivity contribution in [3.63, 3.8) is 0 Å². The quantitative estimate of drug-likeness (QED) is 0.864. The Hall–Kier alpha value is -1.79. The molecule has 6 nitrogen and oxygen atoms in total. The van der Waals surface area contributed by atoms with Crippen molar-refractivity contribution < 1.29 is 4.74 Å². The highest BCUT2D eigenvalue weighted by atomic mass is 16.5. The normalized spacial score (nSPS) is 25.1. The molecular weight excluding hydrogens is 302 g/mol. The van der Waals surface area contributed by atoms with Gasteiger partial charge in [-0.3, -0.25) is 4.90 Å². The molecule has 2 fully saturated rings. The van der Waals surface area contributed by atoms with Crippen LogP contribution in [0, 0.1) is 13.8 Å². The Morgan fingerprint density at radius 2 is 2.08 bits per heavy atom. The maximum absolute atomic E-state index is 6.15. The Labute approximate surface area is 142 Å². The molecule has 1 aromatic carbocycles. The minimum atomic E-state index is 0.117. The monoisotopic (exact) mass is 327 g/mol. The number of ether oxygens (including phenoxy) is 1. The van der Waals surface area contributed by atoms with Crippen LogP contribution in [0.15, 0.2) is 18.2 Å². The molecule has 0 unspecified atom stereocenters. The third kappa shape index (κ3) is 3.08. The molecule has 4 rings (SSSR count). The van der Waals surface area contributed by atoms with Gasteiger partial charge in [0.05, 0.1) is 25.3 Å². The average Bonchev–Trinajstić information content (AvgIpc) is 3.31. The number of benzene rings is 1. The number of rotatable bonds is 4. The molecule has 0 radical (unpaired) electrons. The first kappa shape index (κ1) is 15.7. The van der Waals surface area contributed by atoms with Gasteiger partial charge in [0, 0.05) is 12.6 Å². The van der Waals surface area contributed by atoms with Gasteiger partial charge in [0.25, 0.3) is 0 Å². The van der Waals surface area contributed by atoms with Crippen LogP contribution in [0.25, 0.3) is 0 Å². The molecule has 1 aliphatic heterocycles. The van der Waals surface area contributed by atoms with Gasteiger partial charge in [0.2, 0.25) is 0 Å². The summed E-state index contributed by atoms with van der Waals surface area (Å²) < 4.78 is 8.16. The summed E-state index contributed by atoms with van der Waals surface area (Å²) in [6, 6.07) is 7.48. The SMILES string of the molecule is Cc1ccc(C)c([C@H]2CN(Cc3nnnn3C3CC3)[C@H](C)CO2)c1. The molecule has 0 amide bonds. The molecule has 6 heteroatoms. The van der Waals surface area contributed by atoms with Crippen LogP contribution >= 0.6 is 0 Å². The van der Waals surface area contributed by atoms with Crippen molar-refractivity contribution in [2.45, 2.75) is 58.3 Å². The third-order valence-electron chi connectivity index (χ3n) is 5.14. The molecule has 1 saturated heterocycles. The minimum Gasteiger partial charge on any atom is -0.371 e. The molecular formula is C18H25N5O. The second-order valence-electron chi connectivity index (χ2n) is 7.23. The smallest absolute Gasteiger partial charge is 0.165 e. The van der Waals surface area contributed by atoms with Crippen molar-refractivity contribution in [3.05, 3.63) is 40.7 Å². The van der Waals surface area contributed by atoms with Crippen LogP contribution in [-0.2, 0) is 11.3 Å². The average molecular weight is 327 g/mol. The van der Waals surface area contributed by atoms with Crippen molar-refractivity contribution in [2.75, 3.05) is 13.2 Å². The zero-order valence-corrected chi connectivity index (χ0v) is 14.6. The predicted molar refractivity (Wildman–Crippen MR) is 90.6 cm³/mol. The van der Waals surface area contributed by atoms with Gasteiger partial charge >= 0.3 is 0 Å². The Bertz CT molecular complexity index is 724. The van der Waals surface area contributed by atoms with E-state index in [1.54, 1.807) is 0 Å². The van der Waals surface area contributed by atoms with E-state index in [-0.39, 0.29) is 6.10 Å². The molecule has 0 bridgehead atoms. The van der Waals surface area contributed by atoms with Crippen LogP contribution in [0.1, 0.15) is 54.4 Å². The van der Waals surface area contributed by atoms with E-state index in [9.17, 15) is 0 Å². The lowest BCUT2D eigenvalue weighted by atomic mass is 9.99. The Balaban J connectivity index is 1.52. The maximum Gasteiger partial charge on any atom is 0.165 e. The zero-order chi connectivity index (χ0) is 16.7. The van der Waals surface area contributed by atoms with Crippen LogP contribution in [0.2, 0.25) is 0 Å². The number of nitrogens with zero attached hydrogens (tertiary/aromatic N) is 5. The summed E-state index contributed by atoms with van der Waals surface area (Å²) in [5.74, 6) is 0.978. The van der Waals surface area contributed by atoms with E-state index in [0.29, 0.717) is 12.1 Å². The maximum atomic E-state index is 6.15. The minimum absolute atomic E-state index is 0.117. The lowest BCUT2D eigenvalue weighted by Gasteiger charge is -2.38. The van der Waals surface area contributed by atoms with E-state index in [0.717, 1.165) is 25.5 Å². The lowest BCUT2D eigenvalue weighted by molar-refractivity contribution is -0.0647. The fourth-order valence-corrected chi connectivity index (χ4v) is 3.42. The van der Waals surface area contributed by atoms with Crippen molar-refractivity contribution in [1.82, 2.24) is 25.1 Å². The van der Waals surface area contributed by atoms with Gasteiger partial charge in [0.1, 0.15) is 0 Å². The predicted octanol–water partition coefficient (Wildman–Crippen LogP) is 2.59. The Kier molecular flexibility index (Phi) is 4.10. The first-order valence-corrected chi connectivity index (χ1v) is 8.81. The molecule has 2 aliphatic rings. The standard InChI is InChI=1S/C18H25N5O/c1-12-4-5-13(2)16(8-12)17-9-22(14(3)11-24-17)10-18-19-20-21-23(18)15-6-7-15/h4-5,8,14-15,17H,6-7,9-11H2,1-3H3/t14-,17-/m1/s1. The number of hydrogen-bond donors (Lipinski definition) is 0. The van der Waals surface area contributed by atoms with Crippen LogP contribution in [-0.4, -0.2) is 44.3 Å². The number of aryl methyl sites for hydroxylation is 2. The van der Waals surface area contributed by atoms with Crippen LogP contribution in [0.3, 0.4) is 0 Å². The Morgan fingerprint density at radius 3 is 2.88 bits per heavy atom. The summed E-state index contributed by atoms with van der Waals surface area (Å²) in [4.78, 5) is 2.44. The van der Waals surface area contributed by atoms with E-state index >= 15 is 0 Å². The highest BCUT2D eigenvalue weighted by Gasteiger charge is 2.32. The van der Waals surface area contributed by atoms with Gasteiger partial charge < -0.3 is 4.74 Å². The molecule has 1 aliphatic carbocycles. The largest absolute Gasteiger partial charge is 0.371 e. The number of aromatic nitrogens is 4. The summed E-state index contributed by atoms with van der Waals surface area (Å²) in [6.45, 7) is 8.91. The molecule has 0 spiro atoms. The number of tetrazole rings is 1. The number of morpholine rings is 1.